The summed E-state index contributed by atoms with van der Waals surface area (Å²) in [6.45, 7) is 4.83. The monoisotopic (exact) mass is 302 g/mol. The Kier molecular flexibility index (Phi) is 4.85. The third-order valence-electron chi connectivity index (χ3n) is 3.91. The molecule has 2 rings (SSSR count). The van der Waals surface area contributed by atoms with Crippen molar-refractivity contribution in [3.8, 4) is 0 Å². The zero-order valence-electron chi connectivity index (χ0n) is 13.3. The van der Waals surface area contributed by atoms with Crippen LogP contribution >= 0.6 is 0 Å². The maximum absolute atomic E-state index is 12.0. The number of nitrogens with one attached hydrogen (secondary N) is 1. The summed E-state index contributed by atoms with van der Waals surface area (Å²) in [5.74, 6) is -1.30. The van der Waals surface area contributed by atoms with Crippen LogP contribution in [0.3, 0.4) is 0 Å². The summed E-state index contributed by atoms with van der Waals surface area (Å²) in [4.78, 5) is 24.7. The van der Waals surface area contributed by atoms with Crippen LogP contribution in [0.4, 0.5) is 0 Å². The van der Waals surface area contributed by atoms with Crippen molar-refractivity contribution in [3.63, 3.8) is 0 Å². The number of aliphatic hydroxyl groups excluding tert-OH is 1. The van der Waals surface area contributed by atoms with E-state index in [0.29, 0.717) is 6.54 Å². The summed E-state index contributed by atoms with van der Waals surface area (Å²) in [5.41, 5.74) is 3.93. The second kappa shape index (κ2) is 6.64. The molecular weight excluding hydrogens is 280 g/mol. The lowest BCUT2D eigenvalue weighted by atomic mass is 10.0. The molecule has 0 saturated heterocycles. The molecule has 1 aromatic rings. The molecule has 0 unspecified atom stereocenters. The summed E-state index contributed by atoms with van der Waals surface area (Å²) < 4.78 is 0. The third-order valence-corrected chi connectivity index (χ3v) is 3.91. The van der Waals surface area contributed by atoms with Gasteiger partial charge in [0.05, 0.1) is 12.1 Å². The van der Waals surface area contributed by atoms with Crippen LogP contribution in [0.2, 0.25) is 0 Å². The van der Waals surface area contributed by atoms with Gasteiger partial charge in [-0.1, -0.05) is 23.8 Å². The molecule has 5 heteroatoms. The number of hydrogen-bond acceptors (Lipinski definition) is 3. The number of benzene rings is 1. The van der Waals surface area contributed by atoms with Gasteiger partial charge in [-0.3, -0.25) is 9.59 Å². The SMILES string of the molecule is Cc1ccc(CCCNC(=O)C2=C(O)C(=O)N(C)C2)c(C)c1. The molecule has 0 radical (unpaired) electrons. The molecule has 2 amide bonds. The van der Waals surface area contributed by atoms with Crippen LogP contribution < -0.4 is 5.32 Å². The van der Waals surface area contributed by atoms with E-state index in [2.05, 4.69) is 37.4 Å². The van der Waals surface area contributed by atoms with E-state index >= 15 is 0 Å². The lowest BCUT2D eigenvalue weighted by Gasteiger charge is -2.09. The van der Waals surface area contributed by atoms with Gasteiger partial charge in [-0.15, -0.1) is 0 Å². The fourth-order valence-electron chi connectivity index (χ4n) is 2.59. The highest BCUT2D eigenvalue weighted by molar-refractivity contribution is 6.06. The molecule has 0 bridgehead atoms. The number of nitrogens with zero attached hydrogens (tertiary/aromatic N) is 1. The van der Waals surface area contributed by atoms with E-state index in [4.69, 9.17) is 0 Å². The van der Waals surface area contributed by atoms with Crippen molar-refractivity contribution in [2.24, 2.45) is 0 Å². The van der Waals surface area contributed by atoms with Crippen LogP contribution in [0.1, 0.15) is 23.1 Å². The average molecular weight is 302 g/mol. The molecule has 2 N–H and O–H groups in total. The van der Waals surface area contributed by atoms with Crippen LogP contribution in [0.15, 0.2) is 29.5 Å². The van der Waals surface area contributed by atoms with Crippen molar-refractivity contribution >= 4 is 11.8 Å². The first kappa shape index (κ1) is 16.1. The minimum atomic E-state index is -0.500. The van der Waals surface area contributed by atoms with E-state index < -0.39 is 11.7 Å². The van der Waals surface area contributed by atoms with Crippen molar-refractivity contribution in [2.45, 2.75) is 26.7 Å². The second-order valence-corrected chi connectivity index (χ2v) is 5.78. The molecule has 1 aliphatic heterocycles. The molecule has 0 fully saturated rings. The van der Waals surface area contributed by atoms with Crippen LogP contribution in [0.5, 0.6) is 0 Å². The summed E-state index contributed by atoms with van der Waals surface area (Å²) in [5, 5.41) is 12.4. The Labute approximate surface area is 130 Å². The Morgan fingerprint density at radius 1 is 1.36 bits per heavy atom. The van der Waals surface area contributed by atoms with E-state index in [0.717, 1.165) is 12.8 Å². The largest absolute Gasteiger partial charge is 0.503 e. The van der Waals surface area contributed by atoms with Crippen molar-refractivity contribution in [1.29, 1.82) is 0 Å². The molecule has 0 saturated carbocycles. The highest BCUT2D eigenvalue weighted by Crippen LogP contribution is 2.15. The van der Waals surface area contributed by atoms with Crippen LogP contribution in [-0.2, 0) is 16.0 Å². The zero-order valence-corrected chi connectivity index (χ0v) is 13.3. The molecule has 1 heterocycles. The number of rotatable bonds is 5. The maximum atomic E-state index is 12.0. The molecule has 118 valence electrons. The first-order valence-corrected chi connectivity index (χ1v) is 7.42. The smallest absolute Gasteiger partial charge is 0.289 e. The summed E-state index contributed by atoms with van der Waals surface area (Å²) in [7, 11) is 1.55. The van der Waals surface area contributed by atoms with Gasteiger partial charge < -0.3 is 15.3 Å². The minimum absolute atomic E-state index is 0.152. The lowest BCUT2D eigenvalue weighted by molar-refractivity contribution is -0.126. The summed E-state index contributed by atoms with van der Waals surface area (Å²) in [6.07, 6.45) is 1.70. The number of aryl methyl sites for hydroxylation is 3. The number of amides is 2. The predicted molar refractivity (Wildman–Crippen MR) is 84.5 cm³/mol. The molecule has 0 spiro atoms. The lowest BCUT2D eigenvalue weighted by Crippen LogP contribution is -2.29. The number of aliphatic hydroxyl groups is 1. The molecule has 1 aliphatic rings. The molecule has 0 aliphatic carbocycles. The number of carbonyl (C=O) groups excluding carboxylic acids is 2. The predicted octanol–water partition coefficient (Wildman–Crippen LogP) is 1.64. The average Bonchev–Trinajstić information content (AvgIpc) is 2.73. The topological polar surface area (TPSA) is 69.6 Å². The van der Waals surface area contributed by atoms with Crippen LogP contribution in [0, 0.1) is 13.8 Å². The molecule has 5 nitrogen and oxygen atoms in total. The Morgan fingerprint density at radius 3 is 2.68 bits per heavy atom. The van der Waals surface area contributed by atoms with Crippen molar-refractivity contribution < 1.29 is 14.7 Å². The standard InChI is InChI=1S/C17H22N2O3/c1-11-6-7-13(12(2)9-11)5-4-8-18-16(21)14-10-19(3)17(22)15(14)20/h6-7,9,20H,4-5,8,10H2,1-3H3,(H,18,21). The van der Waals surface area contributed by atoms with Crippen molar-refractivity contribution in [2.75, 3.05) is 20.1 Å². The maximum Gasteiger partial charge on any atom is 0.289 e. The van der Waals surface area contributed by atoms with E-state index in [-0.39, 0.29) is 18.0 Å². The molecule has 22 heavy (non-hydrogen) atoms. The van der Waals surface area contributed by atoms with Crippen molar-refractivity contribution in [1.82, 2.24) is 10.2 Å². The third kappa shape index (κ3) is 3.47. The van der Waals surface area contributed by atoms with Gasteiger partial charge in [0.25, 0.3) is 11.8 Å². The Bertz CT molecular complexity index is 635. The fraction of sp³-hybridized carbons (Fsp3) is 0.412. The normalized spacial score (nSPS) is 14.7. The van der Waals surface area contributed by atoms with Gasteiger partial charge >= 0.3 is 0 Å². The number of carbonyl (C=O) groups is 2. The molecule has 0 aromatic heterocycles. The number of likely N-dealkylation sites (N-methyl/N-ethyl adjacent to an activating group) is 1. The quantitative estimate of drug-likeness (QED) is 0.812. The molecule has 0 atom stereocenters. The number of hydrogen-bond donors (Lipinski definition) is 2. The van der Waals surface area contributed by atoms with Gasteiger partial charge in [0.2, 0.25) is 0 Å². The van der Waals surface area contributed by atoms with E-state index in [1.165, 1.54) is 21.6 Å². The Morgan fingerprint density at radius 2 is 2.09 bits per heavy atom. The van der Waals surface area contributed by atoms with E-state index in [1.807, 2.05) is 0 Å². The van der Waals surface area contributed by atoms with Gasteiger partial charge in [-0.2, -0.15) is 0 Å². The highest BCUT2D eigenvalue weighted by Gasteiger charge is 2.31. The van der Waals surface area contributed by atoms with Crippen molar-refractivity contribution in [3.05, 3.63) is 46.2 Å². The summed E-state index contributed by atoms with van der Waals surface area (Å²) >= 11 is 0. The van der Waals surface area contributed by atoms with Crippen LogP contribution in [0.25, 0.3) is 0 Å². The second-order valence-electron chi connectivity index (χ2n) is 5.78. The van der Waals surface area contributed by atoms with Crippen LogP contribution in [-0.4, -0.2) is 42.0 Å². The molecule has 1 aromatic carbocycles. The fourth-order valence-corrected chi connectivity index (χ4v) is 2.59. The van der Waals surface area contributed by atoms with Gasteiger partial charge in [0, 0.05) is 13.6 Å². The van der Waals surface area contributed by atoms with Gasteiger partial charge in [-0.25, -0.2) is 0 Å². The Balaban J connectivity index is 1.82. The highest BCUT2D eigenvalue weighted by atomic mass is 16.3. The van der Waals surface area contributed by atoms with Gasteiger partial charge in [0.15, 0.2) is 5.76 Å². The first-order valence-electron chi connectivity index (χ1n) is 7.42. The van der Waals surface area contributed by atoms with E-state index in [9.17, 15) is 14.7 Å². The zero-order chi connectivity index (χ0) is 16.3. The minimum Gasteiger partial charge on any atom is -0.503 e. The van der Waals surface area contributed by atoms with Gasteiger partial charge in [-0.05, 0) is 37.8 Å². The molecular formula is C17H22N2O3. The summed E-state index contributed by atoms with van der Waals surface area (Å²) in [6, 6.07) is 6.35. The van der Waals surface area contributed by atoms with Gasteiger partial charge in [0.1, 0.15) is 0 Å². The first-order chi connectivity index (χ1) is 10.4. The Hall–Kier alpha value is -2.30. The van der Waals surface area contributed by atoms with E-state index in [1.54, 1.807) is 7.05 Å².